The van der Waals surface area contributed by atoms with Crippen molar-refractivity contribution in [1.29, 1.82) is 5.26 Å². The Balaban J connectivity index is 2.15. The highest BCUT2D eigenvalue weighted by atomic mass is 32.2. The molecule has 0 bridgehead atoms. The van der Waals surface area contributed by atoms with Crippen LogP contribution in [0, 0.1) is 18.3 Å². The van der Waals surface area contributed by atoms with Gasteiger partial charge in [-0.2, -0.15) is 5.26 Å². The SMILES string of the molecule is Cc1nc(NC(=O)[C@H](c2ccccc2)N(C)C)sc1SCC#N. The summed E-state index contributed by atoms with van der Waals surface area (Å²) in [4.78, 5) is 18.9. The first-order valence-electron chi connectivity index (χ1n) is 7.02. The number of rotatable bonds is 6. The van der Waals surface area contributed by atoms with Gasteiger partial charge in [0.05, 0.1) is 21.7 Å². The number of thioether (sulfide) groups is 1. The number of amides is 1. The fraction of sp³-hybridized carbons (Fsp3) is 0.312. The number of carbonyl (C=O) groups excluding carboxylic acids is 1. The van der Waals surface area contributed by atoms with Gasteiger partial charge in [0.25, 0.3) is 0 Å². The van der Waals surface area contributed by atoms with Gasteiger partial charge in [-0.1, -0.05) is 53.4 Å². The molecule has 0 spiro atoms. The van der Waals surface area contributed by atoms with Crippen LogP contribution < -0.4 is 5.32 Å². The van der Waals surface area contributed by atoms with Crippen LogP contribution in [0.15, 0.2) is 34.5 Å². The average Bonchev–Trinajstić information content (AvgIpc) is 2.85. The van der Waals surface area contributed by atoms with E-state index in [4.69, 9.17) is 5.26 Å². The zero-order valence-electron chi connectivity index (χ0n) is 13.2. The van der Waals surface area contributed by atoms with Crippen molar-refractivity contribution in [1.82, 2.24) is 9.88 Å². The Labute approximate surface area is 144 Å². The lowest BCUT2D eigenvalue weighted by molar-refractivity contribution is -0.120. The highest BCUT2D eigenvalue weighted by Crippen LogP contribution is 2.32. The second-order valence-corrected chi connectivity index (χ2v) is 7.35. The summed E-state index contributed by atoms with van der Waals surface area (Å²) in [5.41, 5.74) is 1.77. The number of hydrogen-bond acceptors (Lipinski definition) is 6. The fourth-order valence-electron chi connectivity index (χ4n) is 2.16. The lowest BCUT2D eigenvalue weighted by Gasteiger charge is -2.23. The highest BCUT2D eigenvalue weighted by Gasteiger charge is 2.24. The number of nitriles is 1. The molecule has 1 heterocycles. The Morgan fingerprint density at radius 2 is 2.13 bits per heavy atom. The molecular weight excluding hydrogens is 328 g/mol. The molecule has 0 aliphatic heterocycles. The van der Waals surface area contributed by atoms with E-state index in [1.54, 1.807) is 0 Å². The Kier molecular flexibility index (Phi) is 6.16. The predicted octanol–water partition coefficient (Wildman–Crippen LogP) is 3.31. The third kappa shape index (κ3) is 4.55. The number of nitrogens with one attached hydrogen (secondary N) is 1. The zero-order chi connectivity index (χ0) is 16.8. The van der Waals surface area contributed by atoms with E-state index in [2.05, 4.69) is 16.4 Å². The number of benzene rings is 1. The van der Waals surface area contributed by atoms with Crippen LogP contribution in [0.2, 0.25) is 0 Å². The molecule has 1 aromatic heterocycles. The lowest BCUT2D eigenvalue weighted by atomic mass is 10.1. The Hall–Kier alpha value is -1.88. The third-order valence-electron chi connectivity index (χ3n) is 3.13. The number of nitrogens with zero attached hydrogens (tertiary/aromatic N) is 3. The molecule has 1 N–H and O–H groups in total. The molecule has 2 aromatic rings. The van der Waals surface area contributed by atoms with Crippen molar-refractivity contribution in [3.05, 3.63) is 41.6 Å². The number of carbonyl (C=O) groups is 1. The van der Waals surface area contributed by atoms with Crippen molar-refractivity contribution in [2.24, 2.45) is 0 Å². The maximum atomic E-state index is 12.6. The molecule has 7 heteroatoms. The summed E-state index contributed by atoms with van der Waals surface area (Å²) in [5, 5.41) is 12.1. The van der Waals surface area contributed by atoms with Gasteiger partial charge in [-0.05, 0) is 26.6 Å². The van der Waals surface area contributed by atoms with Gasteiger partial charge in [0.2, 0.25) is 5.91 Å². The molecule has 0 unspecified atom stereocenters. The van der Waals surface area contributed by atoms with E-state index in [-0.39, 0.29) is 11.9 Å². The molecule has 0 saturated heterocycles. The summed E-state index contributed by atoms with van der Waals surface area (Å²) in [6, 6.07) is 11.4. The molecule has 1 atom stereocenters. The summed E-state index contributed by atoms with van der Waals surface area (Å²) < 4.78 is 0.961. The molecule has 0 aliphatic carbocycles. The van der Waals surface area contributed by atoms with E-state index in [9.17, 15) is 4.79 Å². The van der Waals surface area contributed by atoms with Gasteiger partial charge in [0.1, 0.15) is 6.04 Å². The molecule has 0 fully saturated rings. The third-order valence-corrected chi connectivity index (χ3v) is 5.43. The lowest BCUT2D eigenvalue weighted by Crippen LogP contribution is -2.32. The minimum atomic E-state index is -0.379. The number of anilines is 1. The van der Waals surface area contributed by atoms with Crippen LogP contribution in [-0.4, -0.2) is 35.6 Å². The van der Waals surface area contributed by atoms with Crippen LogP contribution in [-0.2, 0) is 4.79 Å². The van der Waals surface area contributed by atoms with Gasteiger partial charge in [0.15, 0.2) is 5.13 Å². The fourth-order valence-corrected chi connectivity index (χ4v) is 3.96. The van der Waals surface area contributed by atoms with E-state index in [1.807, 2.05) is 56.3 Å². The van der Waals surface area contributed by atoms with Crippen molar-refractivity contribution >= 4 is 34.1 Å². The first kappa shape index (κ1) is 17.5. The minimum absolute atomic E-state index is 0.119. The molecular formula is C16H18N4OS2. The molecule has 0 radical (unpaired) electrons. The summed E-state index contributed by atoms with van der Waals surface area (Å²) in [7, 11) is 3.75. The Bertz CT molecular complexity index is 707. The maximum absolute atomic E-state index is 12.6. The standard InChI is InChI=1S/C16H18N4OS2/c1-11-15(22-10-9-17)23-16(18-11)19-14(21)13(20(2)3)12-7-5-4-6-8-12/h4-8,13H,10H2,1-3H3,(H,18,19,21)/t13-/m0/s1. The highest BCUT2D eigenvalue weighted by molar-refractivity contribution is 8.01. The van der Waals surface area contributed by atoms with E-state index < -0.39 is 0 Å². The number of likely N-dealkylation sites (N-methyl/N-ethyl adjacent to an activating group) is 1. The van der Waals surface area contributed by atoms with Crippen LogP contribution in [0.1, 0.15) is 17.3 Å². The molecule has 0 aliphatic rings. The molecule has 23 heavy (non-hydrogen) atoms. The maximum Gasteiger partial charge on any atom is 0.248 e. The first-order chi connectivity index (χ1) is 11.0. The Morgan fingerprint density at radius 1 is 1.43 bits per heavy atom. The Morgan fingerprint density at radius 3 is 2.74 bits per heavy atom. The van der Waals surface area contributed by atoms with E-state index in [1.165, 1.54) is 23.1 Å². The average molecular weight is 346 g/mol. The van der Waals surface area contributed by atoms with Crippen molar-refractivity contribution in [2.45, 2.75) is 17.2 Å². The van der Waals surface area contributed by atoms with Crippen LogP contribution in [0.3, 0.4) is 0 Å². The van der Waals surface area contributed by atoms with Gasteiger partial charge >= 0.3 is 0 Å². The van der Waals surface area contributed by atoms with E-state index in [0.29, 0.717) is 10.9 Å². The van der Waals surface area contributed by atoms with Crippen LogP contribution in [0.25, 0.3) is 0 Å². The topological polar surface area (TPSA) is 69.0 Å². The zero-order valence-corrected chi connectivity index (χ0v) is 14.9. The largest absolute Gasteiger partial charge is 0.300 e. The second kappa shape index (κ2) is 8.11. The van der Waals surface area contributed by atoms with Crippen molar-refractivity contribution in [2.75, 3.05) is 25.2 Å². The summed E-state index contributed by atoms with van der Waals surface area (Å²) in [6.45, 7) is 1.88. The molecule has 1 aromatic carbocycles. The number of thiazole rings is 1. The molecule has 2 rings (SSSR count). The first-order valence-corrected chi connectivity index (χ1v) is 8.82. The summed E-state index contributed by atoms with van der Waals surface area (Å²) in [6.07, 6.45) is 0. The van der Waals surface area contributed by atoms with Crippen LogP contribution >= 0.6 is 23.1 Å². The summed E-state index contributed by atoms with van der Waals surface area (Å²) >= 11 is 2.84. The van der Waals surface area contributed by atoms with E-state index >= 15 is 0 Å². The normalized spacial score (nSPS) is 12.0. The van der Waals surface area contributed by atoms with Crippen LogP contribution in [0.5, 0.6) is 0 Å². The van der Waals surface area contributed by atoms with Crippen molar-refractivity contribution < 1.29 is 4.79 Å². The van der Waals surface area contributed by atoms with Crippen LogP contribution in [0.4, 0.5) is 5.13 Å². The minimum Gasteiger partial charge on any atom is -0.300 e. The quantitative estimate of drug-likeness (QED) is 0.813. The number of aromatic nitrogens is 1. The molecule has 120 valence electrons. The molecule has 5 nitrogen and oxygen atoms in total. The van der Waals surface area contributed by atoms with Gasteiger partial charge in [0, 0.05) is 0 Å². The van der Waals surface area contributed by atoms with Gasteiger partial charge in [-0.15, -0.1) is 0 Å². The molecule has 1 amide bonds. The van der Waals surface area contributed by atoms with Gasteiger partial charge in [-0.25, -0.2) is 4.98 Å². The number of hydrogen-bond donors (Lipinski definition) is 1. The predicted molar refractivity (Wildman–Crippen MR) is 94.7 cm³/mol. The van der Waals surface area contributed by atoms with E-state index in [0.717, 1.165) is 15.5 Å². The number of aryl methyl sites for hydroxylation is 1. The van der Waals surface area contributed by atoms with Gasteiger partial charge in [-0.3, -0.25) is 9.69 Å². The smallest absolute Gasteiger partial charge is 0.248 e. The van der Waals surface area contributed by atoms with Crippen molar-refractivity contribution in [3.63, 3.8) is 0 Å². The molecule has 0 saturated carbocycles. The monoisotopic (exact) mass is 346 g/mol. The summed E-state index contributed by atoms with van der Waals surface area (Å²) in [5.74, 6) is 0.257. The van der Waals surface area contributed by atoms with Gasteiger partial charge < -0.3 is 5.32 Å². The second-order valence-electron chi connectivity index (χ2n) is 5.10. The van der Waals surface area contributed by atoms with Crippen molar-refractivity contribution in [3.8, 4) is 6.07 Å².